The Morgan fingerprint density at radius 2 is 1.79 bits per heavy atom. The van der Waals surface area contributed by atoms with Crippen molar-refractivity contribution < 1.29 is 4.79 Å². The predicted molar refractivity (Wildman–Crippen MR) is 82.5 cm³/mol. The molecule has 0 aliphatic heterocycles. The maximum Gasteiger partial charge on any atom is 0.254 e. The fourth-order valence-corrected chi connectivity index (χ4v) is 2.56. The van der Waals surface area contributed by atoms with Gasteiger partial charge in [-0.1, -0.05) is 50.0 Å². The van der Waals surface area contributed by atoms with E-state index in [-0.39, 0.29) is 17.4 Å². The highest BCUT2D eigenvalue weighted by molar-refractivity contribution is 6.39. The van der Waals surface area contributed by atoms with Gasteiger partial charge < -0.3 is 5.32 Å². The molecule has 0 spiro atoms. The van der Waals surface area contributed by atoms with Gasteiger partial charge in [-0.2, -0.15) is 0 Å². The first kappa shape index (κ1) is 16.6. The molecule has 0 saturated carbocycles. The third-order valence-electron chi connectivity index (χ3n) is 2.94. The van der Waals surface area contributed by atoms with Crippen LogP contribution in [0.1, 0.15) is 37.6 Å². The van der Waals surface area contributed by atoms with Gasteiger partial charge in [-0.25, -0.2) is 0 Å². The molecule has 1 N–H and O–H groups in total. The van der Waals surface area contributed by atoms with E-state index in [9.17, 15) is 4.79 Å². The zero-order chi connectivity index (χ0) is 14.6. The Labute approximate surface area is 129 Å². The van der Waals surface area contributed by atoms with Crippen molar-refractivity contribution in [3.63, 3.8) is 0 Å². The Morgan fingerprint density at radius 1 is 1.26 bits per heavy atom. The highest BCUT2D eigenvalue weighted by atomic mass is 35.5. The number of benzene rings is 1. The molecule has 1 atom stereocenters. The first-order valence-electron chi connectivity index (χ1n) is 6.08. The topological polar surface area (TPSA) is 29.1 Å². The Kier molecular flexibility index (Phi) is 5.97. The maximum atomic E-state index is 12.3. The predicted octanol–water partition coefficient (Wildman–Crippen LogP) is 4.77. The minimum absolute atomic E-state index is 0.0372. The molecule has 2 nitrogen and oxygen atoms in total. The summed E-state index contributed by atoms with van der Waals surface area (Å²) in [6.45, 7) is 6.16. The first-order valence-corrected chi connectivity index (χ1v) is 7.37. The second-order valence-electron chi connectivity index (χ2n) is 5.47. The normalized spacial score (nSPS) is 13.2. The van der Waals surface area contributed by atoms with E-state index in [1.54, 1.807) is 18.2 Å². The summed E-state index contributed by atoms with van der Waals surface area (Å²) in [5.41, 5.74) is 0.229. The Morgan fingerprint density at radius 3 is 2.21 bits per heavy atom. The second kappa shape index (κ2) is 6.83. The second-order valence-corrected chi connectivity index (χ2v) is 6.66. The minimum atomic E-state index is -0.263. The van der Waals surface area contributed by atoms with Crippen LogP contribution in [-0.4, -0.2) is 17.8 Å². The zero-order valence-electron chi connectivity index (χ0n) is 11.3. The van der Waals surface area contributed by atoms with Gasteiger partial charge in [0.1, 0.15) is 0 Å². The summed E-state index contributed by atoms with van der Waals surface area (Å²) in [4.78, 5) is 12.3. The SMILES string of the molecule is CC(C)(C)C(CCCl)NC(=O)c1c(Cl)cccc1Cl. The lowest BCUT2D eigenvalue weighted by Crippen LogP contribution is -2.44. The molecule has 5 heteroatoms. The number of hydrogen-bond acceptors (Lipinski definition) is 1. The Hall–Kier alpha value is -0.440. The molecule has 0 fully saturated rings. The van der Waals surface area contributed by atoms with Crippen molar-refractivity contribution in [1.82, 2.24) is 5.32 Å². The van der Waals surface area contributed by atoms with E-state index in [2.05, 4.69) is 26.1 Å². The fraction of sp³-hybridized carbons (Fsp3) is 0.500. The number of carbonyl (C=O) groups excluding carboxylic acids is 1. The molecular weight excluding hydrogens is 305 g/mol. The number of alkyl halides is 1. The monoisotopic (exact) mass is 321 g/mol. The summed E-state index contributed by atoms with van der Waals surface area (Å²) in [6, 6.07) is 4.97. The Bertz CT molecular complexity index is 434. The minimum Gasteiger partial charge on any atom is -0.349 e. The molecular formula is C14H18Cl3NO. The van der Waals surface area contributed by atoms with Gasteiger partial charge in [0.05, 0.1) is 15.6 Å². The third kappa shape index (κ3) is 4.55. The summed E-state index contributed by atoms with van der Waals surface area (Å²) in [5, 5.41) is 3.66. The first-order chi connectivity index (χ1) is 8.77. The van der Waals surface area contributed by atoms with Crippen LogP contribution < -0.4 is 5.32 Å². The molecule has 0 heterocycles. The van der Waals surface area contributed by atoms with Gasteiger partial charge in [0.25, 0.3) is 5.91 Å². The fourth-order valence-electron chi connectivity index (χ4n) is 1.78. The molecule has 1 aromatic rings. The molecule has 0 saturated heterocycles. The van der Waals surface area contributed by atoms with Crippen LogP contribution in [-0.2, 0) is 0 Å². The van der Waals surface area contributed by atoms with E-state index in [1.807, 2.05) is 0 Å². The van der Waals surface area contributed by atoms with Gasteiger partial charge >= 0.3 is 0 Å². The van der Waals surface area contributed by atoms with Crippen molar-refractivity contribution in [1.29, 1.82) is 0 Å². The largest absolute Gasteiger partial charge is 0.349 e. The number of nitrogens with one attached hydrogen (secondary N) is 1. The lowest BCUT2D eigenvalue weighted by atomic mass is 9.85. The summed E-state index contributed by atoms with van der Waals surface area (Å²) in [5.74, 6) is 0.221. The van der Waals surface area contributed by atoms with Crippen LogP contribution in [0.4, 0.5) is 0 Å². The van der Waals surface area contributed by atoms with Crippen LogP contribution in [0.15, 0.2) is 18.2 Å². The lowest BCUT2D eigenvalue weighted by Gasteiger charge is -2.31. The quantitative estimate of drug-likeness (QED) is 0.795. The molecule has 0 bridgehead atoms. The third-order valence-corrected chi connectivity index (χ3v) is 3.79. The number of amides is 1. The van der Waals surface area contributed by atoms with Crippen LogP contribution in [0.2, 0.25) is 10.0 Å². The van der Waals surface area contributed by atoms with Crippen molar-refractivity contribution in [2.24, 2.45) is 5.41 Å². The van der Waals surface area contributed by atoms with Crippen LogP contribution in [0, 0.1) is 5.41 Å². The van der Waals surface area contributed by atoms with E-state index in [1.165, 1.54) is 0 Å². The molecule has 0 aliphatic carbocycles. The van der Waals surface area contributed by atoms with Crippen LogP contribution in [0.3, 0.4) is 0 Å². The summed E-state index contributed by atoms with van der Waals surface area (Å²) >= 11 is 17.8. The molecule has 1 aromatic carbocycles. The van der Waals surface area contributed by atoms with E-state index < -0.39 is 0 Å². The average molecular weight is 323 g/mol. The van der Waals surface area contributed by atoms with E-state index >= 15 is 0 Å². The van der Waals surface area contributed by atoms with Crippen molar-refractivity contribution in [3.8, 4) is 0 Å². The zero-order valence-corrected chi connectivity index (χ0v) is 13.5. The number of carbonyl (C=O) groups is 1. The van der Waals surface area contributed by atoms with Gasteiger partial charge in [0, 0.05) is 11.9 Å². The van der Waals surface area contributed by atoms with Crippen molar-refractivity contribution in [2.45, 2.75) is 33.2 Å². The molecule has 0 radical (unpaired) electrons. The van der Waals surface area contributed by atoms with Crippen LogP contribution in [0.25, 0.3) is 0 Å². The van der Waals surface area contributed by atoms with E-state index in [4.69, 9.17) is 34.8 Å². The van der Waals surface area contributed by atoms with Gasteiger partial charge in [-0.05, 0) is 24.0 Å². The number of rotatable bonds is 4. The van der Waals surface area contributed by atoms with Gasteiger partial charge in [0.2, 0.25) is 0 Å². The molecule has 19 heavy (non-hydrogen) atoms. The van der Waals surface area contributed by atoms with Crippen LogP contribution >= 0.6 is 34.8 Å². The van der Waals surface area contributed by atoms with Crippen molar-refractivity contribution in [3.05, 3.63) is 33.8 Å². The van der Waals surface area contributed by atoms with E-state index in [0.717, 1.165) is 0 Å². The van der Waals surface area contributed by atoms with Gasteiger partial charge in [-0.3, -0.25) is 4.79 Å². The average Bonchev–Trinajstić information content (AvgIpc) is 2.27. The highest BCUT2D eigenvalue weighted by Crippen LogP contribution is 2.27. The molecule has 106 valence electrons. The number of hydrogen-bond donors (Lipinski definition) is 1. The van der Waals surface area contributed by atoms with Crippen LogP contribution in [0.5, 0.6) is 0 Å². The smallest absolute Gasteiger partial charge is 0.254 e. The highest BCUT2D eigenvalue weighted by Gasteiger charge is 2.27. The molecule has 1 rings (SSSR count). The maximum absolute atomic E-state index is 12.3. The number of halogens is 3. The van der Waals surface area contributed by atoms with E-state index in [0.29, 0.717) is 27.9 Å². The molecule has 1 amide bonds. The van der Waals surface area contributed by atoms with Crippen molar-refractivity contribution in [2.75, 3.05) is 5.88 Å². The van der Waals surface area contributed by atoms with Crippen molar-refractivity contribution >= 4 is 40.7 Å². The molecule has 0 aromatic heterocycles. The summed E-state index contributed by atoms with van der Waals surface area (Å²) in [6.07, 6.45) is 0.693. The summed E-state index contributed by atoms with van der Waals surface area (Å²) < 4.78 is 0. The summed E-state index contributed by atoms with van der Waals surface area (Å²) in [7, 11) is 0. The Balaban J connectivity index is 2.95. The lowest BCUT2D eigenvalue weighted by molar-refractivity contribution is 0.0901. The molecule has 1 unspecified atom stereocenters. The molecule has 0 aliphatic rings. The van der Waals surface area contributed by atoms with Gasteiger partial charge in [-0.15, -0.1) is 11.6 Å². The standard InChI is InChI=1S/C14H18Cl3NO/c1-14(2,3)11(7-8-15)18-13(19)12-9(16)5-4-6-10(12)17/h4-6,11H,7-8H2,1-3H3,(H,18,19). The van der Waals surface area contributed by atoms with Gasteiger partial charge in [0.15, 0.2) is 0 Å².